The predicted molar refractivity (Wildman–Crippen MR) is 88.7 cm³/mol. The molecule has 2 aromatic rings. The number of aromatic amines is 1. The van der Waals surface area contributed by atoms with Crippen molar-refractivity contribution in [2.45, 2.75) is 38.6 Å². The van der Waals surface area contributed by atoms with Crippen LogP contribution in [0.2, 0.25) is 0 Å². The Morgan fingerprint density at radius 1 is 1.32 bits per heavy atom. The maximum Gasteiger partial charge on any atom is 0.241 e. The highest BCUT2D eigenvalue weighted by Crippen LogP contribution is 2.24. The Kier molecular flexibility index (Phi) is 5.38. The molecule has 1 atom stereocenters. The molecule has 2 rings (SSSR count). The van der Waals surface area contributed by atoms with E-state index in [0.717, 1.165) is 21.0 Å². The van der Waals surface area contributed by atoms with Crippen LogP contribution < -0.4 is 10.0 Å². The molecule has 0 aromatic carbocycles. The van der Waals surface area contributed by atoms with Crippen molar-refractivity contribution in [1.29, 1.82) is 0 Å². The van der Waals surface area contributed by atoms with Crippen LogP contribution in [0.15, 0.2) is 17.2 Å². The summed E-state index contributed by atoms with van der Waals surface area (Å²) in [7, 11) is -3.43. The molecule has 2 heterocycles. The molecule has 0 radical (unpaired) electrons. The van der Waals surface area contributed by atoms with Crippen molar-refractivity contribution in [3.05, 3.63) is 33.3 Å². The first-order valence-electron chi connectivity index (χ1n) is 7.11. The minimum atomic E-state index is -3.43. The number of H-pyrrole nitrogens is 1. The van der Waals surface area contributed by atoms with E-state index in [-0.39, 0.29) is 6.04 Å². The standard InChI is InChI=1S/C14H22N4O2S2/c1-9-7-14(12(4)21-9)22(19,20)17-6-5-15-10(2)13-8-16-18-11(13)3/h7-8,10,15,17H,5-6H2,1-4H3,(H,16,18)/t10-/m1/s1. The van der Waals surface area contributed by atoms with E-state index in [0.29, 0.717) is 18.0 Å². The van der Waals surface area contributed by atoms with E-state index in [9.17, 15) is 8.42 Å². The highest BCUT2D eigenvalue weighted by atomic mass is 32.2. The molecule has 0 spiro atoms. The van der Waals surface area contributed by atoms with Crippen molar-refractivity contribution in [3.63, 3.8) is 0 Å². The highest BCUT2D eigenvalue weighted by Gasteiger charge is 2.18. The molecule has 8 heteroatoms. The third kappa shape index (κ3) is 3.95. The lowest BCUT2D eigenvalue weighted by molar-refractivity contribution is 0.552. The van der Waals surface area contributed by atoms with Gasteiger partial charge in [-0.25, -0.2) is 13.1 Å². The maximum atomic E-state index is 12.2. The Bertz CT molecular complexity index is 734. The van der Waals surface area contributed by atoms with E-state index in [1.807, 2.05) is 27.7 Å². The van der Waals surface area contributed by atoms with E-state index < -0.39 is 10.0 Å². The fourth-order valence-corrected chi connectivity index (χ4v) is 4.92. The molecule has 0 bridgehead atoms. The van der Waals surface area contributed by atoms with Gasteiger partial charge < -0.3 is 5.32 Å². The monoisotopic (exact) mass is 342 g/mol. The first-order valence-corrected chi connectivity index (χ1v) is 9.41. The van der Waals surface area contributed by atoms with Gasteiger partial charge in [0.15, 0.2) is 0 Å². The second kappa shape index (κ2) is 6.91. The van der Waals surface area contributed by atoms with Crippen LogP contribution >= 0.6 is 11.3 Å². The van der Waals surface area contributed by atoms with E-state index in [2.05, 4.69) is 20.2 Å². The van der Waals surface area contributed by atoms with Gasteiger partial charge in [-0.2, -0.15) is 5.10 Å². The summed E-state index contributed by atoms with van der Waals surface area (Å²) in [5, 5.41) is 10.2. The molecule has 0 aliphatic carbocycles. The summed E-state index contributed by atoms with van der Waals surface area (Å²) >= 11 is 1.49. The van der Waals surface area contributed by atoms with Gasteiger partial charge in [0.25, 0.3) is 0 Å². The molecule has 2 aromatic heterocycles. The molecule has 0 saturated carbocycles. The van der Waals surface area contributed by atoms with Gasteiger partial charge in [0.2, 0.25) is 10.0 Å². The molecular weight excluding hydrogens is 320 g/mol. The molecule has 0 amide bonds. The van der Waals surface area contributed by atoms with E-state index >= 15 is 0 Å². The van der Waals surface area contributed by atoms with Gasteiger partial charge in [-0.3, -0.25) is 5.10 Å². The second-order valence-electron chi connectivity index (χ2n) is 5.30. The molecule has 0 aliphatic rings. The lowest BCUT2D eigenvalue weighted by atomic mass is 10.1. The van der Waals surface area contributed by atoms with Crippen molar-refractivity contribution < 1.29 is 8.42 Å². The summed E-state index contributed by atoms with van der Waals surface area (Å²) in [5.74, 6) is 0. The van der Waals surface area contributed by atoms with Crippen LogP contribution in [0.4, 0.5) is 0 Å². The number of hydrogen-bond donors (Lipinski definition) is 3. The minimum absolute atomic E-state index is 0.119. The topological polar surface area (TPSA) is 86.9 Å². The van der Waals surface area contributed by atoms with Gasteiger partial charge >= 0.3 is 0 Å². The summed E-state index contributed by atoms with van der Waals surface area (Å²) in [4.78, 5) is 2.20. The number of thiophene rings is 1. The van der Waals surface area contributed by atoms with Crippen molar-refractivity contribution in [2.75, 3.05) is 13.1 Å². The normalized spacial score (nSPS) is 13.5. The SMILES string of the molecule is Cc1cc(S(=O)(=O)NCCN[C@H](C)c2cn[nH]c2C)c(C)s1. The van der Waals surface area contributed by atoms with Crippen LogP contribution in [0.3, 0.4) is 0 Å². The zero-order valence-electron chi connectivity index (χ0n) is 13.2. The Labute approximate surface area is 135 Å². The molecule has 22 heavy (non-hydrogen) atoms. The fraction of sp³-hybridized carbons (Fsp3) is 0.500. The first kappa shape index (κ1) is 17.1. The average molecular weight is 342 g/mol. The Balaban J connectivity index is 1.86. The van der Waals surface area contributed by atoms with Crippen LogP contribution in [0.5, 0.6) is 0 Å². The van der Waals surface area contributed by atoms with Crippen LogP contribution in [0.25, 0.3) is 0 Å². The van der Waals surface area contributed by atoms with Gasteiger partial charge in [0.05, 0.1) is 11.1 Å². The maximum absolute atomic E-state index is 12.2. The number of nitrogens with zero attached hydrogens (tertiary/aromatic N) is 1. The summed E-state index contributed by atoms with van der Waals surface area (Å²) in [6.07, 6.45) is 1.79. The fourth-order valence-electron chi connectivity index (χ4n) is 2.33. The third-order valence-corrected chi connectivity index (χ3v) is 6.17. The summed E-state index contributed by atoms with van der Waals surface area (Å²) in [5.41, 5.74) is 2.11. The van der Waals surface area contributed by atoms with Crippen LogP contribution in [0, 0.1) is 20.8 Å². The first-order chi connectivity index (χ1) is 10.3. The molecule has 0 fully saturated rings. The lowest BCUT2D eigenvalue weighted by Crippen LogP contribution is -2.33. The van der Waals surface area contributed by atoms with Crippen LogP contribution in [0.1, 0.15) is 34.0 Å². The van der Waals surface area contributed by atoms with Gasteiger partial charge in [-0.05, 0) is 33.8 Å². The molecular formula is C14H22N4O2S2. The number of hydrogen-bond acceptors (Lipinski definition) is 5. The predicted octanol–water partition coefficient (Wildman–Crippen LogP) is 2.03. The Morgan fingerprint density at radius 2 is 2.05 bits per heavy atom. The average Bonchev–Trinajstić information content (AvgIpc) is 3.00. The van der Waals surface area contributed by atoms with Gasteiger partial charge in [0.1, 0.15) is 0 Å². The summed E-state index contributed by atoms with van der Waals surface area (Å²) in [6.45, 7) is 8.62. The zero-order chi connectivity index (χ0) is 16.3. The van der Waals surface area contributed by atoms with Crippen molar-refractivity contribution in [3.8, 4) is 0 Å². The molecule has 122 valence electrons. The van der Waals surface area contributed by atoms with Gasteiger partial charge in [-0.1, -0.05) is 0 Å². The number of aromatic nitrogens is 2. The van der Waals surface area contributed by atoms with Crippen molar-refractivity contribution >= 4 is 21.4 Å². The Morgan fingerprint density at radius 3 is 2.59 bits per heavy atom. The number of sulfonamides is 1. The molecule has 3 N–H and O–H groups in total. The molecule has 0 saturated heterocycles. The molecule has 0 unspecified atom stereocenters. The summed E-state index contributed by atoms with van der Waals surface area (Å²) < 4.78 is 27.1. The largest absolute Gasteiger partial charge is 0.309 e. The quantitative estimate of drug-likeness (QED) is 0.672. The van der Waals surface area contributed by atoms with Crippen molar-refractivity contribution in [2.24, 2.45) is 0 Å². The smallest absolute Gasteiger partial charge is 0.241 e. The molecule has 0 aliphatic heterocycles. The zero-order valence-corrected chi connectivity index (χ0v) is 14.9. The summed E-state index contributed by atoms with van der Waals surface area (Å²) in [6, 6.07) is 1.83. The number of nitrogens with one attached hydrogen (secondary N) is 3. The van der Waals surface area contributed by atoms with Crippen molar-refractivity contribution in [1.82, 2.24) is 20.2 Å². The van der Waals surface area contributed by atoms with Gasteiger partial charge in [0, 0.05) is 40.1 Å². The highest BCUT2D eigenvalue weighted by molar-refractivity contribution is 7.89. The van der Waals surface area contributed by atoms with Crippen LogP contribution in [-0.2, 0) is 10.0 Å². The molecule has 6 nitrogen and oxygen atoms in total. The van der Waals surface area contributed by atoms with E-state index in [1.54, 1.807) is 12.3 Å². The lowest BCUT2D eigenvalue weighted by Gasteiger charge is -2.13. The number of aryl methyl sites for hydroxylation is 3. The Hall–Kier alpha value is -1.22. The minimum Gasteiger partial charge on any atom is -0.309 e. The number of rotatable bonds is 7. The second-order valence-corrected chi connectivity index (χ2v) is 8.50. The van der Waals surface area contributed by atoms with E-state index in [4.69, 9.17) is 0 Å². The van der Waals surface area contributed by atoms with E-state index in [1.165, 1.54) is 11.3 Å². The van der Waals surface area contributed by atoms with Gasteiger partial charge in [-0.15, -0.1) is 11.3 Å². The van der Waals surface area contributed by atoms with Crippen LogP contribution in [-0.4, -0.2) is 31.7 Å². The third-order valence-electron chi connectivity index (χ3n) is 3.49.